The van der Waals surface area contributed by atoms with Gasteiger partial charge in [-0.25, -0.2) is 0 Å². The van der Waals surface area contributed by atoms with Crippen LogP contribution in [-0.4, -0.2) is 18.8 Å². The summed E-state index contributed by atoms with van der Waals surface area (Å²) in [6.07, 6.45) is 0. The van der Waals surface area contributed by atoms with Crippen molar-refractivity contribution in [2.45, 2.75) is 26.2 Å². The highest BCUT2D eigenvalue weighted by Gasteiger charge is 2.22. The van der Waals surface area contributed by atoms with Crippen LogP contribution < -0.4 is 9.47 Å². The summed E-state index contributed by atoms with van der Waals surface area (Å²) >= 11 is 6.91. The first kappa shape index (κ1) is 23.9. The van der Waals surface area contributed by atoms with Gasteiger partial charge < -0.3 is 18.5 Å². The molecule has 7 rings (SSSR count). The van der Waals surface area contributed by atoms with Gasteiger partial charge in [0.2, 0.25) is 0 Å². The van der Waals surface area contributed by atoms with Crippen molar-refractivity contribution < 1.29 is 13.9 Å². The number of rotatable bonds is 3. The molecule has 0 atom stereocenters. The highest BCUT2D eigenvalue weighted by Crippen LogP contribution is 2.43. The topological polar surface area (TPSA) is 36.5 Å². The number of fused-ring (bicyclic) bond motifs is 8. The zero-order valence-electron chi connectivity index (χ0n) is 22.6. The molecule has 0 aliphatic rings. The van der Waals surface area contributed by atoms with Crippen molar-refractivity contribution in [1.29, 1.82) is 0 Å². The Kier molecular flexibility index (Phi) is 5.17. The van der Waals surface area contributed by atoms with Crippen molar-refractivity contribution in [2.75, 3.05) is 14.2 Å². The molecule has 194 valence electrons. The molecule has 0 unspecified atom stereocenters. The Bertz CT molecular complexity index is 2090. The second kappa shape index (κ2) is 8.42. The predicted molar refractivity (Wildman–Crippen MR) is 162 cm³/mol. The van der Waals surface area contributed by atoms with Gasteiger partial charge in [-0.05, 0) is 76.3 Å². The second-order valence-electron chi connectivity index (χ2n) is 11.1. The van der Waals surface area contributed by atoms with Crippen LogP contribution in [0.5, 0.6) is 11.5 Å². The van der Waals surface area contributed by atoms with Crippen molar-refractivity contribution in [3.63, 3.8) is 0 Å². The number of hydrogen-bond donors (Lipinski definition) is 0. The SMILES string of the molecule is COc1ccc2c(c1)oc1ccc3cc(-n4c5ccc(C(C)(C)C)cc5c5c(OC)ccc(Cl)c54)ccc3c12. The Morgan fingerprint density at radius 3 is 2.31 bits per heavy atom. The molecule has 0 amide bonds. The summed E-state index contributed by atoms with van der Waals surface area (Å²) in [5, 5.41) is 7.28. The van der Waals surface area contributed by atoms with Gasteiger partial charge >= 0.3 is 0 Å². The Labute approximate surface area is 231 Å². The number of hydrogen-bond acceptors (Lipinski definition) is 3. The fourth-order valence-corrected chi connectivity index (χ4v) is 6.06. The number of halogens is 1. The van der Waals surface area contributed by atoms with Gasteiger partial charge in [-0.1, -0.05) is 50.6 Å². The molecule has 0 bridgehead atoms. The molecule has 0 aliphatic heterocycles. The zero-order chi connectivity index (χ0) is 27.1. The van der Waals surface area contributed by atoms with Crippen LogP contribution in [-0.2, 0) is 5.41 Å². The van der Waals surface area contributed by atoms with Crippen LogP contribution in [0.25, 0.3) is 60.2 Å². The molecule has 0 N–H and O–H groups in total. The van der Waals surface area contributed by atoms with Crippen LogP contribution in [0.2, 0.25) is 5.02 Å². The summed E-state index contributed by atoms with van der Waals surface area (Å²) < 4.78 is 19.7. The summed E-state index contributed by atoms with van der Waals surface area (Å²) in [5.74, 6) is 1.59. The molecular formula is C34H28ClNO3. The largest absolute Gasteiger partial charge is 0.497 e. The predicted octanol–water partition coefficient (Wildman–Crippen LogP) is 9.80. The minimum absolute atomic E-state index is 0.0140. The van der Waals surface area contributed by atoms with Crippen LogP contribution in [0.1, 0.15) is 26.3 Å². The first-order valence-electron chi connectivity index (χ1n) is 13.0. The molecule has 4 nitrogen and oxygen atoms in total. The lowest BCUT2D eigenvalue weighted by molar-refractivity contribution is 0.414. The molecule has 5 heteroatoms. The molecule has 2 aromatic heterocycles. The molecule has 0 saturated carbocycles. The van der Waals surface area contributed by atoms with E-state index in [0.29, 0.717) is 5.02 Å². The monoisotopic (exact) mass is 533 g/mol. The van der Waals surface area contributed by atoms with E-state index in [1.54, 1.807) is 14.2 Å². The average molecular weight is 534 g/mol. The number of benzene rings is 5. The van der Waals surface area contributed by atoms with Gasteiger partial charge in [-0.2, -0.15) is 0 Å². The van der Waals surface area contributed by atoms with Gasteiger partial charge in [0, 0.05) is 27.9 Å². The summed E-state index contributed by atoms with van der Waals surface area (Å²) in [4.78, 5) is 0. The van der Waals surface area contributed by atoms with Crippen LogP contribution in [0.3, 0.4) is 0 Å². The number of methoxy groups -OCH3 is 2. The highest BCUT2D eigenvalue weighted by molar-refractivity contribution is 6.37. The van der Waals surface area contributed by atoms with E-state index in [2.05, 4.69) is 73.9 Å². The van der Waals surface area contributed by atoms with E-state index in [0.717, 1.165) is 71.7 Å². The molecule has 0 saturated heterocycles. The molecule has 0 spiro atoms. The van der Waals surface area contributed by atoms with E-state index in [1.807, 2.05) is 30.3 Å². The Balaban J connectivity index is 1.54. The van der Waals surface area contributed by atoms with E-state index in [-0.39, 0.29) is 5.41 Å². The van der Waals surface area contributed by atoms with Gasteiger partial charge in [0.25, 0.3) is 0 Å². The molecule has 7 aromatic rings. The van der Waals surface area contributed by atoms with E-state index in [9.17, 15) is 0 Å². The second-order valence-corrected chi connectivity index (χ2v) is 11.5. The maximum Gasteiger partial charge on any atom is 0.139 e. The lowest BCUT2D eigenvalue weighted by atomic mass is 9.86. The van der Waals surface area contributed by atoms with Crippen LogP contribution in [0, 0.1) is 0 Å². The highest BCUT2D eigenvalue weighted by atomic mass is 35.5. The lowest BCUT2D eigenvalue weighted by Crippen LogP contribution is -2.10. The zero-order valence-corrected chi connectivity index (χ0v) is 23.3. The summed E-state index contributed by atoms with van der Waals surface area (Å²) in [6, 6.07) is 27.3. The van der Waals surface area contributed by atoms with Crippen molar-refractivity contribution in [2.24, 2.45) is 0 Å². The molecule has 2 heterocycles. The Morgan fingerprint density at radius 1 is 0.718 bits per heavy atom. The standard InChI is InChI=1S/C34H28ClNO3/c1-34(2,3)20-7-13-27-25(17-20)32-28(38-5)15-12-26(35)33(32)36(27)21-8-10-23-19(16-21)6-14-29-31(23)24-11-9-22(37-4)18-30(24)39-29/h6-18H,1-5H3. The molecule has 39 heavy (non-hydrogen) atoms. The van der Waals surface area contributed by atoms with Gasteiger partial charge in [-0.3, -0.25) is 0 Å². The summed E-state index contributed by atoms with van der Waals surface area (Å²) in [5.41, 5.74) is 6.02. The van der Waals surface area contributed by atoms with Crippen molar-refractivity contribution in [3.8, 4) is 17.2 Å². The van der Waals surface area contributed by atoms with Crippen molar-refractivity contribution in [1.82, 2.24) is 4.57 Å². The summed E-state index contributed by atoms with van der Waals surface area (Å²) in [7, 11) is 3.38. The fraction of sp³-hybridized carbons (Fsp3) is 0.176. The van der Waals surface area contributed by atoms with Gasteiger partial charge in [0.1, 0.15) is 22.7 Å². The number of furan rings is 1. The summed E-state index contributed by atoms with van der Waals surface area (Å²) in [6.45, 7) is 6.70. The van der Waals surface area contributed by atoms with Crippen LogP contribution in [0.15, 0.2) is 83.3 Å². The molecule has 0 radical (unpaired) electrons. The molecule has 0 aliphatic carbocycles. The number of nitrogens with zero attached hydrogens (tertiary/aromatic N) is 1. The Hall–Kier alpha value is -4.15. The van der Waals surface area contributed by atoms with Crippen LogP contribution >= 0.6 is 11.6 Å². The van der Waals surface area contributed by atoms with E-state index in [4.69, 9.17) is 25.5 Å². The van der Waals surface area contributed by atoms with Crippen molar-refractivity contribution in [3.05, 3.63) is 89.4 Å². The third-order valence-corrected chi connectivity index (χ3v) is 8.11. The average Bonchev–Trinajstić information content (AvgIpc) is 3.48. The minimum atomic E-state index is 0.0140. The third kappa shape index (κ3) is 3.51. The molecule has 0 fully saturated rings. The third-order valence-electron chi connectivity index (χ3n) is 7.81. The fourth-order valence-electron chi connectivity index (χ4n) is 5.82. The Morgan fingerprint density at radius 2 is 1.54 bits per heavy atom. The quantitative estimate of drug-likeness (QED) is 0.227. The molecule has 5 aromatic carbocycles. The first-order valence-corrected chi connectivity index (χ1v) is 13.4. The van der Waals surface area contributed by atoms with Gasteiger partial charge in [0.15, 0.2) is 0 Å². The van der Waals surface area contributed by atoms with Crippen molar-refractivity contribution >= 4 is 66.1 Å². The lowest BCUT2D eigenvalue weighted by Gasteiger charge is -2.19. The van der Waals surface area contributed by atoms with E-state index < -0.39 is 0 Å². The van der Waals surface area contributed by atoms with Gasteiger partial charge in [0.05, 0.1) is 35.7 Å². The number of ether oxygens (including phenoxy) is 2. The maximum atomic E-state index is 6.91. The normalized spacial score (nSPS) is 12.4. The molecular weight excluding hydrogens is 506 g/mol. The number of aromatic nitrogens is 1. The minimum Gasteiger partial charge on any atom is -0.497 e. The van der Waals surface area contributed by atoms with Gasteiger partial charge in [-0.15, -0.1) is 0 Å². The first-order chi connectivity index (χ1) is 18.8. The maximum absolute atomic E-state index is 6.91. The van der Waals surface area contributed by atoms with E-state index >= 15 is 0 Å². The van der Waals surface area contributed by atoms with E-state index in [1.165, 1.54) is 5.56 Å². The smallest absolute Gasteiger partial charge is 0.139 e. The van der Waals surface area contributed by atoms with Crippen LogP contribution in [0.4, 0.5) is 0 Å².